The fourth-order valence-corrected chi connectivity index (χ4v) is 1.83. The van der Waals surface area contributed by atoms with Crippen molar-refractivity contribution in [2.45, 2.75) is 0 Å². The number of imidazole rings is 1. The van der Waals surface area contributed by atoms with E-state index in [0.717, 1.165) is 12.1 Å². The second-order valence-corrected chi connectivity index (χ2v) is 4.16. The number of aromatic amines is 1. The molecule has 0 radical (unpaired) electrons. The molecule has 3 rings (SSSR count). The van der Waals surface area contributed by atoms with Crippen molar-refractivity contribution in [1.29, 1.82) is 0 Å². The number of hydrogen-bond donors (Lipinski definition) is 2. The minimum Gasteiger partial charge on any atom is -0.340 e. The van der Waals surface area contributed by atoms with Gasteiger partial charge in [-0.1, -0.05) is 0 Å². The fourth-order valence-electron chi connectivity index (χ4n) is 1.66. The van der Waals surface area contributed by atoms with Crippen molar-refractivity contribution in [2.75, 3.05) is 5.32 Å². The summed E-state index contributed by atoms with van der Waals surface area (Å²) in [6.45, 7) is 0. The van der Waals surface area contributed by atoms with Gasteiger partial charge in [-0.25, -0.2) is 18.2 Å². The molecule has 0 amide bonds. The van der Waals surface area contributed by atoms with Gasteiger partial charge in [-0.3, -0.25) is 0 Å². The highest BCUT2D eigenvalue weighted by Crippen LogP contribution is 2.24. The lowest BCUT2D eigenvalue weighted by Gasteiger charge is -2.07. The standard InChI is InChI=1S/C11H5ClF3N5/c12-11-19-9-8(16-3-17-9)10(20-11)18-4-1-5(13)7(15)6(14)2-4/h1-3H,(H2,16,17,18,19,20). The molecule has 9 heteroatoms. The highest BCUT2D eigenvalue weighted by atomic mass is 35.5. The first-order valence-electron chi connectivity index (χ1n) is 5.33. The van der Waals surface area contributed by atoms with E-state index in [-0.39, 0.29) is 22.4 Å². The van der Waals surface area contributed by atoms with Crippen molar-refractivity contribution in [2.24, 2.45) is 0 Å². The van der Waals surface area contributed by atoms with Gasteiger partial charge in [-0.2, -0.15) is 9.97 Å². The van der Waals surface area contributed by atoms with E-state index in [4.69, 9.17) is 11.6 Å². The third kappa shape index (κ3) is 2.14. The molecule has 20 heavy (non-hydrogen) atoms. The SMILES string of the molecule is Fc1cc(Nc2nc(Cl)nc3nc[nH]c23)cc(F)c1F. The van der Waals surface area contributed by atoms with Crippen LogP contribution in [0, 0.1) is 17.5 Å². The second kappa shape index (κ2) is 4.64. The van der Waals surface area contributed by atoms with Crippen LogP contribution in [-0.2, 0) is 0 Å². The number of nitrogens with zero attached hydrogens (tertiary/aromatic N) is 3. The summed E-state index contributed by atoms with van der Waals surface area (Å²) in [4.78, 5) is 14.4. The van der Waals surface area contributed by atoms with Crippen LogP contribution >= 0.6 is 11.6 Å². The smallest absolute Gasteiger partial charge is 0.226 e. The number of aromatic nitrogens is 4. The van der Waals surface area contributed by atoms with Gasteiger partial charge in [-0.05, 0) is 11.6 Å². The van der Waals surface area contributed by atoms with Crippen LogP contribution < -0.4 is 5.32 Å². The van der Waals surface area contributed by atoms with Crippen molar-refractivity contribution >= 4 is 34.3 Å². The molecular formula is C11H5ClF3N5. The van der Waals surface area contributed by atoms with Crippen LogP contribution in [0.15, 0.2) is 18.5 Å². The number of hydrogen-bond acceptors (Lipinski definition) is 4. The Morgan fingerprint density at radius 3 is 2.50 bits per heavy atom. The van der Waals surface area contributed by atoms with Crippen molar-refractivity contribution in [3.8, 4) is 0 Å². The Kier molecular flexibility index (Phi) is 2.94. The van der Waals surface area contributed by atoms with Crippen molar-refractivity contribution in [3.63, 3.8) is 0 Å². The Labute approximate surface area is 114 Å². The Morgan fingerprint density at radius 2 is 1.80 bits per heavy atom. The molecule has 2 heterocycles. The topological polar surface area (TPSA) is 66.5 Å². The van der Waals surface area contributed by atoms with Crippen LogP contribution in [0.4, 0.5) is 24.7 Å². The molecule has 0 unspecified atom stereocenters. The summed E-state index contributed by atoms with van der Waals surface area (Å²) in [6, 6.07) is 1.60. The maximum Gasteiger partial charge on any atom is 0.226 e. The van der Waals surface area contributed by atoms with Crippen molar-refractivity contribution < 1.29 is 13.2 Å². The molecule has 0 atom stereocenters. The number of halogens is 4. The van der Waals surface area contributed by atoms with Gasteiger partial charge in [0, 0.05) is 17.8 Å². The average Bonchev–Trinajstić information content (AvgIpc) is 2.84. The Hall–Kier alpha value is -2.35. The first-order chi connectivity index (χ1) is 9.54. The fraction of sp³-hybridized carbons (Fsp3) is 0. The van der Waals surface area contributed by atoms with Gasteiger partial charge in [0.25, 0.3) is 0 Å². The summed E-state index contributed by atoms with van der Waals surface area (Å²) in [5.41, 5.74) is 0.669. The largest absolute Gasteiger partial charge is 0.340 e. The highest BCUT2D eigenvalue weighted by molar-refractivity contribution is 6.28. The first kappa shape index (κ1) is 12.7. The van der Waals surface area contributed by atoms with E-state index >= 15 is 0 Å². The predicted molar refractivity (Wildman–Crippen MR) is 66.3 cm³/mol. The Balaban J connectivity index is 2.07. The molecule has 2 aromatic heterocycles. The lowest BCUT2D eigenvalue weighted by Crippen LogP contribution is -2.00. The summed E-state index contributed by atoms with van der Waals surface area (Å²) in [7, 11) is 0. The highest BCUT2D eigenvalue weighted by Gasteiger charge is 2.13. The molecule has 102 valence electrons. The molecule has 1 aromatic carbocycles. The van der Waals surface area contributed by atoms with E-state index in [2.05, 4.69) is 25.3 Å². The van der Waals surface area contributed by atoms with Crippen LogP contribution in [-0.4, -0.2) is 19.9 Å². The monoisotopic (exact) mass is 299 g/mol. The molecule has 0 aliphatic rings. The Bertz CT molecular complexity index is 781. The van der Waals surface area contributed by atoms with Crippen LogP contribution in [0.3, 0.4) is 0 Å². The molecule has 3 aromatic rings. The summed E-state index contributed by atoms with van der Waals surface area (Å²) in [6.07, 6.45) is 1.37. The summed E-state index contributed by atoms with van der Waals surface area (Å²) in [5.74, 6) is -3.99. The molecule has 0 aliphatic carbocycles. The van der Waals surface area contributed by atoms with Crippen molar-refractivity contribution in [3.05, 3.63) is 41.2 Å². The second-order valence-electron chi connectivity index (χ2n) is 3.82. The van der Waals surface area contributed by atoms with E-state index < -0.39 is 17.5 Å². The summed E-state index contributed by atoms with van der Waals surface area (Å²) < 4.78 is 39.2. The zero-order chi connectivity index (χ0) is 14.3. The number of anilines is 2. The minimum absolute atomic E-state index is 0.0212. The predicted octanol–water partition coefficient (Wildman–Crippen LogP) is 3.17. The third-order valence-electron chi connectivity index (χ3n) is 2.50. The number of nitrogens with one attached hydrogen (secondary N) is 2. The molecule has 0 aliphatic heterocycles. The molecular weight excluding hydrogens is 295 g/mol. The third-order valence-corrected chi connectivity index (χ3v) is 2.67. The van der Waals surface area contributed by atoms with Crippen LogP contribution in [0.2, 0.25) is 5.28 Å². The van der Waals surface area contributed by atoms with Crippen molar-refractivity contribution in [1.82, 2.24) is 19.9 Å². The molecule has 0 spiro atoms. The first-order valence-corrected chi connectivity index (χ1v) is 5.70. The van der Waals surface area contributed by atoms with Crippen LogP contribution in [0.5, 0.6) is 0 Å². The van der Waals surface area contributed by atoms with Crippen LogP contribution in [0.25, 0.3) is 11.2 Å². The normalized spacial score (nSPS) is 11.0. The van der Waals surface area contributed by atoms with Gasteiger partial charge in [0.1, 0.15) is 5.52 Å². The van der Waals surface area contributed by atoms with E-state index in [1.54, 1.807) is 0 Å². The number of H-pyrrole nitrogens is 1. The minimum atomic E-state index is -1.54. The molecule has 0 saturated carbocycles. The van der Waals surface area contributed by atoms with Gasteiger partial charge >= 0.3 is 0 Å². The Morgan fingerprint density at radius 1 is 1.10 bits per heavy atom. The zero-order valence-electron chi connectivity index (χ0n) is 9.59. The number of benzene rings is 1. The van der Waals surface area contributed by atoms with Gasteiger partial charge in [0.05, 0.1) is 6.33 Å². The lowest BCUT2D eigenvalue weighted by molar-refractivity contribution is 0.448. The van der Waals surface area contributed by atoms with Gasteiger partial charge in [-0.15, -0.1) is 0 Å². The van der Waals surface area contributed by atoms with E-state index in [1.165, 1.54) is 6.33 Å². The molecule has 0 bridgehead atoms. The number of fused-ring (bicyclic) bond motifs is 1. The molecule has 0 fully saturated rings. The van der Waals surface area contributed by atoms with Gasteiger partial charge in [0.2, 0.25) is 5.28 Å². The lowest BCUT2D eigenvalue weighted by atomic mass is 10.3. The maximum absolute atomic E-state index is 13.1. The van der Waals surface area contributed by atoms with Gasteiger partial charge in [0.15, 0.2) is 28.9 Å². The molecule has 5 nitrogen and oxygen atoms in total. The summed E-state index contributed by atoms with van der Waals surface area (Å²) >= 11 is 5.71. The van der Waals surface area contributed by atoms with Gasteiger partial charge < -0.3 is 10.3 Å². The van der Waals surface area contributed by atoms with E-state index in [0.29, 0.717) is 5.52 Å². The number of rotatable bonds is 2. The molecule has 2 N–H and O–H groups in total. The van der Waals surface area contributed by atoms with Crippen LogP contribution in [0.1, 0.15) is 0 Å². The van der Waals surface area contributed by atoms with E-state index in [1.807, 2.05) is 0 Å². The zero-order valence-corrected chi connectivity index (χ0v) is 10.3. The maximum atomic E-state index is 13.1. The summed E-state index contributed by atoms with van der Waals surface area (Å²) in [5, 5.41) is 2.54. The average molecular weight is 300 g/mol. The quantitative estimate of drug-likeness (QED) is 0.563. The van der Waals surface area contributed by atoms with E-state index in [9.17, 15) is 13.2 Å². The molecule has 0 saturated heterocycles.